The van der Waals surface area contributed by atoms with Crippen molar-refractivity contribution in [1.82, 2.24) is 4.90 Å². The molecule has 0 radical (unpaired) electrons. The molecule has 1 unspecified atom stereocenters. The van der Waals surface area contributed by atoms with Crippen LogP contribution in [-0.2, 0) is 0 Å². The second-order valence-electron chi connectivity index (χ2n) is 4.40. The topological polar surface area (TPSA) is 29.3 Å². The maximum Gasteiger partial charge on any atom is 0.0409 e. The van der Waals surface area contributed by atoms with Gasteiger partial charge in [-0.05, 0) is 12.3 Å². The van der Waals surface area contributed by atoms with Crippen LogP contribution in [0.25, 0.3) is 0 Å². The van der Waals surface area contributed by atoms with Crippen LogP contribution in [0, 0.1) is 5.92 Å². The second-order valence-corrected chi connectivity index (χ2v) is 4.40. The number of hydrogen-bond acceptors (Lipinski definition) is 2. The molecule has 1 aliphatic rings. The van der Waals surface area contributed by atoms with Crippen molar-refractivity contribution in [3.63, 3.8) is 0 Å². The first-order valence-corrected chi connectivity index (χ1v) is 5.11. The zero-order valence-corrected chi connectivity index (χ0v) is 8.64. The summed E-state index contributed by atoms with van der Waals surface area (Å²) in [6.45, 7) is 10.2. The quantitative estimate of drug-likeness (QED) is 0.692. The van der Waals surface area contributed by atoms with Gasteiger partial charge in [-0.2, -0.15) is 0 Å². The van der Waals surface area contributed by atoms with Crippen molar-refractivity contribution in [1.29, 1.82) is 0 Å². The summed E-state index contributed by atoms with van der Waals surface area (Å²) >= 11 is 0. The van der Waals surface area contributed by atoms with E-state index in [4.69, 9.17) is 5.73 Å². The Labute approximate surface area is 76.1 Å². The molecule has 0 saturated carbocycles. The molecule has 0 spiro atoms. The fourth-order valence-corrected chi connectivity index (χ4v) is 1.77. The van der Waals surface area contributed by atoms with Crippen LogP contribution in [0.15, 0.2) is 0 Å². The summed E-state index contributed by atoms with van der Waals surface area (Å²) < 4.78 is 0. The molecule has 0 bridgehead atoms. The molecule has 0 aromatic rings. The molecule has 1 heterocycles. The molecule has 1 fully saturated rings. The summed E-state index contributed by atoms with van der Waals surface area (Å²) in [5.74, 6) is 0.825. The Bertz CT molecular complexity index is 136. The Kier molecular flexibility index (Phi) is 3.13. The van der Waals surface area contributed by atoms with E-state index in [0.29, 0.717) is 0 Å². The minimum absolute atomic E-state index is 0.146. The average molecular weight is 170 g/mol. The third kappa shape index (κ3) is 2.20. The van der Waals surface area contributed by atoms with E-state index in [-0.39, 0.29) is 5.54 Å². The van der Waals surface area contributed by atoms with E-state index >= 15 is 0 Å². The lowest BCUT2D eigenvalue weighted by Crippen LogP contribution is -2.67. The summed E-state index contributed by atoms with van der Waals surface area (Å²) in [6, 6.07) is 0. The SMILES string of the molecule is CCC(C)CN1CC(N)(CC)C1. The highest BCUT2D eigenvalue weighted by atomic mass is 15.2. The molecule has 1 aliphatic heterocycles. The van der Waals surface area contributed by atoms with Gasteiger partial charge in [0.15, 0.2) is 0 Å². The molecule has 0 aliphatic carbocycles. The normalized spacial score (nSPS) is 25.0. The number of hydrogen-bond donors (Lipinski definition) is 1. The van der Waals surface area contributed by atoms with E-state index in [1.807, 2.05) is 0 Å². The van der Waals surface area contributed by atoms with Crippen molar-refractivity contribution < 1.29 is 0 Å². The van der Waals surface area contributed by atoms with Gasteiger partial charge in [-0.15, -0.1) is 0 Å². The predicted octanol–water partition coefficient (Wildman–Crippen LogP) is 1.46. The lowest BCUT2D eigenvalue weighted by molar-refractivity contribution is 0.0544. The highest BCUT2D eigenvalue weighted by Crippen LogP contribution is 2.22. The van der Waals surface area contributed by atoms with Crippen molar-refractivity contribution in [2.75, 3.05) is 19.6 Å². The highest BCUT2D eigenvalue weighted by Gasteiger charge is 2.37. The fourth-order valence-electron chi connectivity index (χ4n) is 1.77. The van der Waals surface area contributed by atoms with Gasteiger partial charge in [-0.25, -0.2) is 0 Å². The smallest absolute Gasteiger partial charge is 0.0409 e. The van der Waals surface area contributed by atoms with Gasteiger partial charge in [0.05, 0.1) is 0 Å². The van der Waals surface area contributed by atoms with Crippen molar-refractivity contribution in [3.05, 3.63) is 0 Å². The minimum Gasteiger partial charge on any atom is -0.323 e. The summed E-state index contributed by atoms with van der Waals surface area (Å²) in [5, 5.41) is 0. The Morgan fingerprint density at radius 3 is 2.42 bits per heavy atom. The van der Waals surface area contributed by atoms with Crippen LogP contribution in [0.1, 0.15) is 33.6 Å². The lowest BCUT2D eigenvalue weighted by atomic mass is 9.87. The van der Waals surface area contributed by atoms with Crippen molar-refractivity contribution >= 4 is 0 Å². The largest absolute Gasteiger partial charge is 0.323 e. The molecular formula is C10H22N2. The molecular weight excluding hydrogens is 148 g/mol. The molecule has 1 saturated heterocycles. The van der Waals surface area contributed by atoms with Crippen LogP contribution in [0.2, 0.25) is 0 Å². The Morgan fingerprint density at radius 2 is 2.00 bits per heavy atom. The van der Waals surface area contributed by atoms with Gasteiger partial charge in [0.25, 0.3) is 0 Å². The van der Waals surface area contributed by atoms with Crippen molar-refractivity contribution in [2.24, 2.45) is 11.7 Å². The molecule has 0 amide bonds. The maximum atomic E-state index is 6.07. The number of likely N-dealkylation sites (tertiary alicyclic amines) is 1. The van der Waals surface area contributed by atoms with Gasteiger partial charge in [-0.1, -0.05) is 27.2 Å². The molecule has 2 heteroatoms. The zero-order valence-electron chi connectivity index (χ0n) is 8.64. The first-order valence-electron chi connectivity index (χ1n) is 5.11. The molecule has 72 valence electrons. The molecule has 2 N–H and O–H groups in total. The third-order valence-corrected chi connectivity index (χ3v) is 3.05. The summed E-state index contributed by atoms with van der Waals surface area (Å²) in [5.41, 5.74) is 6.21. The van der Waals surface area contributed by atoms with Crippen LogP contribution >= 0.6 is 0 Å². The lowest BCUT2D eigenvalue weighted by Gasteiger charge is -2.48. The van der Waals surface area contributed by atoms with E-state index < -0.39 is 0 Å². The van der Waals surface area contributed by atoms with Gasteiger partial charge < -0.3 is 5.73 Å². The van der Waals surface area contributed by atoms with Crippen LogP contribution in [0.3, 0.4) is 0 Å². The van der Waals surface area contributed by atoms with Gasteiger partial charge in [0.1, 0.15) is 0 Å². The first-order chi connectivity index (χ1) is 5.59. The van der Waals surface area contributed by atoms with E-state index in [0.717, 1.165) is 25.4 Å². The molecule has 1 rings (SSSR count). The Morgan fingerprint density at radius 1 is 1.42 bits per heavy atom. The first kappa shape index (κ1) is 10.0. The summed E-state index contributed by atoms with van der Waals surface area (Å²) in [7, 11) is 0. The number of nitrogens with zero attached hydrogens (tertiary/aromatic N) is 1. The molecule has 2 nitrogen and oxygen atoms in total. The third-order valence-electron chi connectivity index (χ3n) is 3.05. The van der Waals surface area contributed by atoms with Gasteiger partial charge in [0, 0.05) is 25.2 Å². The summed E-state index contributed by atoms with van der Waals surface area (Å²) in [6.07, 6.45) is 2.39. The highest BCUT2D eigenvalue weighted by molar-refractivity contribution is 4.98. The molecule has 0 aromatic heterocycles. The van der Waals surface area contributed by atoms with Gasteiger partial charge in [0.2, 0.25) is 0 Å². The minimum atomic E-state index is 0.146. The zero-order chi connectivity index (χ0) is 9.19. The maximum absolute atomic E-state index is 6.07. The number of rotatable bonds is 4. The van der Waals surface area contributed by atoms with E-state index in [1.165, 1.54) is 13.0 Å². The molecule has 1 atom stereocenters. The van der Waals surface area contributed by atoms with Crippen molar-refractivity contribution in [3.8, 4) is 0 Å². The van der Waals surface area contributed by atoms with Gasteiger partial charge in [-0.3, -0.25) is 4.90 Å². The monoisotopic (exact) mass is 170 g/mol. The second kappa shape index (κ2) is 3.75. The summed E-state index contributed by atoms with van der Waals surface area (Å²) in [4.78, 5) is 2.47. The van der Waals surface area contributed by atoms with Crippen molar-refractivity contribution in [2.45, 2.75) is 39.2 Å². The standard InChI is InChI=1S/C10H22N2/c1-4-9(3)6-12-7-10(11,5-2)8-12/h9H,4-8,11H2,1-3H3. The predicted molar refractivity (Wildman–Crippen MR) is 53.1 cm³/mol. The van der Waals surface area contributed by atoms with Crippen LogP contribution in [0.5, 0.6) is 0 Å². The fraction of sp³-hybridized carbons (Fsp3) is 1.00. The van der Waals surface area contributed by atoms with E-state index in [9.17, 15) is 0 Å². The van der Waals surface area contributed by atoms with E-state index in [1.54, 1.807) is 0 Å². The van der Waals surface area contributed by atoms with Crippen LogP contribution < -0.4 is 5.73 Å². The molecule has 12 heavy (non-hydrogen) atoms. The van der Waals surface area contributed by atoms with Crippen LogP contribution in [-0.4, -0.2) is 30.1 Å². The van der Waals surface area contributed by atoms with E-state index in [2.05, 4.69) is 25.7 Å². The number of nitrogens with two attached hydrogens (primary N) is 1. The molecule has 0 aromatic carbocycles. The average Bonchev–Trinajstić information content (AvgIpc) is 2.01. The Hall–Kier alpha value is -0.0800. The van der Waals surface area contributed by atoms with Crippen LogP contribution in [0.4, 0.5) is 0 Å². The van der Waals surface area contributed by atoms with Gasteiger partial charge >= 0.3 is 0 Å². The Balaban J connectivity index is 2.17.